The highest BCUT2D eigenvalue weighted by Crippen LogP contribution is 2.44. The monoisotopic (exact) mass is 1120 g/mol. The Morgan fingerprint density at radius 3 is 0.705 bits per heavy atom. The zero-order valence-electron chi connectivity index (χ0n) is 47.9. The smallest absolute Gasteiger partial charge is 0.0870 e. The van der Waals surface area contributed by atoms with E-state index in [1.165, 1.54) is 16.2 Å². The zero-order valence-corrected chi connectivity index (χ0v) is 47.9. The average Bonchev–Trinajstić information content (AvgIpc) is 4.08. The Kier molecular flexibility index (Phi) is 13.7. The summed E-state index contributed by atoms with van der Waals surface area (Å²) in [5.41, 5.74) is 25.4. The molecule has 6 heterocycles. The molecule has 7 heteroatoms. The third-order valence-electron chi connectivity index (χ3n) is 16.8. The van der Waals surface area contributed by atoms with Crippen LogP contribution in [0.3, 0.4) is 0 Å². The summed E-state index contributed by atoms with van der Waals surface area (Å²) in [5, 5.41) is 3.50. The van der Waals surface area contributed by atoms with Crippen molar-refractivity contribution in [3.63, 3.8) is 0 Å². The molecule has 10 aromatic carbocycles. The molecule has 0 spiro atoms. The summed E-state index contributed by atoms with van der Waals surface area (Å²) < 4.78 is 6.92. The fourth-order valence-electron chi connectivity index (χ4n) is 12.8. The molecule has 6 aromatic heterocycles. The van der Waals surface area contributed by atoms with Gasteiger partial charge in [0.15, 0.2) is 0 Å². The summed E-state index contributed by atoms with van der Waals surface area (Å²) in [6, 6.07) is 110. The molecule has 0 aliphatic rings. The van der Waals surface area contributed by atoms with Crippen LogP contribution >= 0.6 is 0 Å². The summed E-state index contributed by atoms with van der Waals surface area (Å²) in [5.74, 6) is 0. The predicted molar refractivity (Wildman–Crippen MR) is 365 cm³/mol. The lowest BCUT2D eigenvalue weighted by atomic mass is 9.86. The van der Waals surface area contributed by atoms with Crippen molar-refractivity contribution >= 4 is 41.1 Å². The molecular formula is C81H54BN6. The number of aromatic nitrogens is 6. The van der Waals surface area contributed by atoms with Crippen molar-refractivity contribution in [2.75, 3.05) is 0 Å². The van der Waals surface area contributed by atoms with E-state index in [-0.39, 0.29) is 8.41 Å². The SMILES string of the molecule is [B].c1ccc(-n2c(-c3ccc(-c4ccccc4-c4cc(-c5ccccc5-c5ccc(-c6cc7ccccc7n6-c6ccccc6)nc5)cc(-c5ccccc5-c5ccc(-c6cc7ccccc7n6-c6ccccc6)nc5)c4)cn3)cc3ccccc32)cc1. The van der Waals surface area contributed by atoms with E-state index in [9.17, 15) is 0 Å². The summed E-state index contributed by atoms with van der Waals surface area (Å²) in [4.78, 5) is 15.7. The third-order valence-corrected chi connectivity index (χ3v) is 16.8. The van der Waals surface area contributed by atoms with Gasteiger partial charge in [0.2, 0.25) is 0 Å². The van der Waals surface area contributed by atoms with Crippen LogP contribution in [-0.2, 0) is 0 Å². The van der Waals surface area contributed by atoms with Gasteiger partial charge in [-0.05, 0) is 159 Å². The Hall–Kier alpha value is -11.7. The Labute approximate surface area is 512 Å². The number of fused-ring (bicyclic) bond motifs is 3. The predicted octanol–water partition coefficient (Wildman–Crippen LogP) is 20.3. The Bertz CT molecular complexity index is 4650. The molecule has 0 saturated heterocycles. The number of nitrogens with zero attached hydrogens (tertiary/aromatic N) is 6. The van der Waals surface area contributed by atoms with Gasteiger partial charge in [-0.15, -0.1) is 0 Å². The van der Waals surface area contributed by atoms with Crippen molar-refractivity contribution in [1.82, 2.24) is 28.7 Å². The molecule has 0 aliphatic heterocycles. The van der Waals surface area contributed by atoms with Gasteiger partial charge in [0, 0.05) is 76.9 Å². The maximum Gasteiger partial charge on any atom is 0.0870 e. The fourth-order valence-corrected chi connectivity index (χ4v) is 12.8. The van der Waals surface area contributed by atoms with Crippen LogP contribution < -0.4 is 0 Å². The zero-order chi connectivity index (χ0) is 57.6. The van der Waals surface area contributed by atoms with Crippen LogP contribution in [0.25, 0.3) is 151 Å². The first-order valence-corrected chi connectivity index (χ1v) is 29.5. The van der Waals surface area contributed by atoms with E-state index in [1.54, 1.807) is 0 Å². The molecule has 16 rings (SSSR count). The second-order valence-corrected chi connectivity index (χ2v) is 22.0. The summed E-state index contributed by atoms with van der Waals surface area (Å²) >= 11 is 0. The highest BCUT2D eigenvalue weighted by atomic mass is 15.0. The molecule has 0 atom stereocenters. The highest BCUT2D eigenvalue weighted by Gasteiger charge is 2.21. The van der Waals surface area contributed by atoms with E-state index in [4.69, 9.17) is 15.0 Å². The molecule has 6 nitrogen and oxygen atoms in total. The van der Waals surface area contributed by atoms with E-state index in [1.807, 2.05) is 18.6 Å². The van der Waals surface area contributed by atoms with E-state index in [0.717, 1.165) is 135 Å². The number of pyridine rings is 3. The van der Waals surface area contributed by atoms with Crippen LogP contribution in [0.5, 0.6) is 0 Å². The molecule has 0 fully saturated rings. The minimum absolute atomic E-state index is 0. The minimum atomic E-state index is 0. The van der Waals surface area contributed by atoms with Crippen LogP contribution in [0, 0.1) is 0 Å². The first-order valence-electron chi connectivity index (χ1n) is 29.5. The standard InChI is InChI=1S/C81H54N6.B/c1-4-25-64(26-5-1)85-76-37-19-10-22-55(76)49-79(85)73-43-40-58(52-82-73)67-31-13-16-34-70(67)61-46-62(71-35-17-14-32-68(71)59-41-44-74(83-53-59)80-50-56-23-11-20-38-77(56)86(80)65-27-6-2-7-28-65)48-63(47-61)72-36-18-15-33-69(72)60-42-45-75(84-54-60)81-51-57-24-12-21-39-78(57)87(81)66-29-8-3-9-30-66;/h1-54H;. The normalized spacial score (nSPS) is 11.3. The molecule has 16 aromatic rings. The lowest BCUT2D eigenvalue weighted by molar-refractivity contribution is 1.11. The van der Waals surface area contributed by atoms with Gasteiger partial charge >= 0.3 is 0 Å². The van der Waals surface area contributed by atoms with Gasteiger partial charge in [0.05, 0.1) is 50.7 Å². The van der Waals surface area contributed by atoms with Crippen LogP contribution in [0.15, 0.2) is 328 Å². The van der Waals surface area contributed by atoms with Gasteiger partial charge in [-0.25, -0.2) is 0 Å². The molecule has 0 aliphatic carbocycles. The molecule has 0 saturated carbocycles. The number of rotatable bonds is 12. The van der Waals surface area contributed by atoms with Crippen molar-refractivity contribution in [3.05, 3.63) is 328 Å². The van der Waals surface area contributed by atoms with Crippen molar-refractivity contribution in [2.24, 2.45) is 0 Å². The van der Waals surface area contributed by atoms with Crippen molar-refractivity contribution in [1.29, 1.82) is 0 Å². The maximum atomic E-state index is 5.24. The molecule has 3 radical (unpaired) electrons. The highest BCUT2D eigenvalue weighted by molar-refractivity contribution is 5.96. The van der Waals surface area contributed by atoms with Gasteiger partial charge in [0.1, 0.15) is 0 Å². The van der Waals surface area contributed by atoms with Gasteiger partial charge in [-0.2, -0.15) is 0 Å². The average molecular weight is 1120 g/mol. The largest absolute Gasteiger partial charge is 0.308 e. The quantitative estimate of drug-likeness (QED) is 0.115. The van der Waals surface area contributed by atoms with Gasteiger partial charge in [0.25, 0.3) is 0 Å². The van der Waals surface area contributed by atoms with Crippen molar-refractivity contribution < 1.29 is 0 Å². The second kappa shape index (κ2) is 22.7. The Morgan fingerprint density at radius 1 is 0.205 bits per heavy atom. The first kappa shape index (κ1) is 53.1. The maximum absolute atomic E-state index is 5.24. The molecule has 0 N–H and O–H groups in total. The minimum Gasteiger partial charge on any atom is -0.308 e. The number of hydrogen-bond acceptors (Lipinski definition) is 3. The molecular weight excluding hydrogens is 1070 g/mol. The van der Waals surface area contributed by atoms with E-state index < -0.39 is 0 Å². The molecule has 0 bridgehead atoms. The fraction of sp³-hybridized carbons (Fsp3) is 0. The van der Waals surface area contributed by atoms with E-state index >= 15 is 0 Å². The lowest BCUT2D eigenvalue weighted by Crippen LogP contribution is -1.98. The summed E-state index contributed by atoms with van der Waals surface area (Å²) in [6.07, 6.45) is 6.09. The van der Waals surface area contributed by atoms with Gasteiger partial charge in [-0.3, -0.25) is 15.0 Å². The van der Waals surface area contributed by atoms with E-state index in [2.05, 4.69) is 323 Å². The number of para-hydroxylation sites is 6. The Morgan fingerprint density at radius 2 is 0.443 bits per heavy atom. The molecule has 0 amide bonds. The van der Waals surface area contributed by atoms with Crippen LogP contribution in [0.2, 0.25) is 0 Å². The molecule has 0 unspecified atom stereocenters. The van der Waals surface area contributed by atoms with E-state index in [0.29, 0.717) is 0 Å². The van der Waals surface area contributed by atoms with Gasteiger partial charge in [-0.1, -0.05) is 200 Å². The summed E-state index contributed by atoms with van der Waals surface area (Å²) in [6.45, 7) is 0. The van der Waals surface area contributed by atoms with Gasteiger partial charge < -0.3 is 13.7 Å². The topological polar surface area (TPSA) is 53.5 Å². The second-order valence-electron chi connectivity index (χ2n) is 22.0. The summed E-state index contributed by atoms with van der Waals surface area (Å²) in [7, 11) is 0. The molecule has 88 heavy (non-hydrogen) atoms. The van der Waals surface area contributed by atoms with Crippen LogP contribution in [0.4, 0.5) is 0 Å². The Balaban J connectivity index is 0.00000650. The lowest BCUT2D eigenvalue weighted by Gasteiger charge is -2.18. The third kappa shape index (κ3) is 9.57. The molecule has 411 valence electrons. The van der Waals surface area contributed by atoms with Crippen molar-refractivity contribution in [2.45, 2.75) is 0 Å². The van der Waals surface area contributed by atoms with Crippen LogP contribution in [0.1, 0.15) is 0 Å². The number of benzene rings is 10. The van der Waals surface area contributed by atoms with Crippen molar-refractivity contribution in [3.8, 4) is 118 Å². The first-order chi connectivity index (χ1) is 43.1. The van der Waals surface area contributed by atoms with Crippen LogP contribution in [-0.4, -0.2) is 37.1 Å². The number of hydrogen-bond donors (Lipinski definition) is 0.